The third kappa shape index (κ3) is 3.94. The van der Waals surface area contributed by atoms with Crippen molar-refractivity contribution in [3.8, 4) is 6.07 Å². The zero-order valence-corrected chi connectivity index (χ0v) is 16.2. The predicted molar refractivity (Wildman–Crippen MR) is 101 cm³/mol. The van der Waals surface area contributed by atoms with Crippen LogP contribution in [-0.4, -0.2) is 15.0 Å². The van der Waals surface area contributed by atoms with E-state index in [0.717, 1.165) is 23.3 Å². The second-order valence-corrected chi connectivity index (χ2v) is 8.03. The lowest BCUT2D eigenvalue weighted by Gasteiger charge is -2.31. The lowest BCUT2D eigenvalue weighted by atomic mass is 10.0. The number of nitriles is 1. The molecule has 0 amide bonds. The van der Waals surface area contributed by atoms with Crippen molar-refractivity contribution < 1.29 is 21.6 Å². The molecule has 28 heavy (non-hydrogen) atoms. The zero-order valence-electron chi connectivity index (χ0n) is 14.5. The van der Waals surface area contributed by atoms with E-state index in [1.165, 1.54) is 10.4 Å². The molecule has 0 saturated heterocycles. The molecular formula is C18H17ClF3N3O2S. The summed E-state index contributed by atoms with van der Waals surface area (Å²) in [7, 11) is -4.11. The van der Waals surface area contributed by atoms with Crippen LogP contribution in [-0.2, 0) is 29.2 Å². The highest BCUT2D eigenvalue weighted by atomic mass is 35.5. The van der Waals surface area contributed by atoms with Crippen LogP contribution in [0.4, 0.5) is 18.9 Å². The lowest BCUT2D eigenvalue weighted by molar-refractivity contribution is -0.137. The summed E-state index contributed by atoms with van der Waals surface area (Å²) in [5, 5.41) is 9.03. The maximum Gasteiger partial charge on any atom is 0.417 e. The molecule has 2 aromatic carbocycles. The highest BCUT2D eigenvalue weighted by Crippen LogP contribution is 2.36. The minimum absolute atomic E-state index is 0. The van der Waals surface area contributed by atoms with E-state index >= 15 is 0 Å². The summed E-state index contributed by atoms with van der Waals surface area (Å²) in [4.78, 5) is -0.345. The van der Waals surface area contributed by atoms with Crippen LogP contribution in [0.2, 0.25) is 0 Å². The number of hydrogen-bond acceptors (Lipinski definition) is 4. The van der Waals surface area contributed by atoms with Gasteiger partial charge in [-0.25, -0.2) is 8.42 Å². The molecule has 0 bridgehead atoms. The molecule has 3 rings (SSSR count). The Balaban J connectivity index is 0.00000280. The van der Waals surface area contributed by atoms with Gasteiger partial charge in [0.2, 0.25) is 0 Å². The second kappa shape index (κ2) is 7.99. The van der Waals surface area contributed by atoms with Gasteiger partial charge in [0.1, 0.15) is 0 Å². The zero-order chi connectivity index (χ0) is 19.8. The topological polar surface area (TPSA) is 87.2 Å². The SMILES string of the molecule is Cl.N#Cc1cc(S(=O)(=O)N2CCCc3cc(CN)ccc32)ccc1C(F)(F)F. The Kier molecular flexibility index (Phi) is 6.28. The number of fused-ring (bicyclic) bond motifs is 1. The molecule has 150 valence electrons. The minimum Gasteiger partial charge on any atom is -0.326 e. The molecule has 0 saturated carbocycles. The van der Waals surface area contributed by atoms with E-state index in [1.807, 2.05) is 6.07 Å². The number of benzene rings is 2. The van der Waals surface area contributed by atoms with Crippen molar-refractivity contribution in [2.24, 2.45) is 5.73 Å². The van der Waals surface area contributed by atoms with E-state index in [1.54, 1.807) is 12.1 Å². The maximum absolute atomic E-state index is 13.0. The Bertz CT molecular complexity index is 1030. The maximum atomic E-state index is 13.0. The quantitative estimate of drug-likeness (QED) is 0.804. The van der Waals surface area contributed by atoms with E-state index in [2.05, 4.69) is 0 Å². The summed E-state index contributed by atoms with van der Waals surface area (Å²) in [5.41, 5.74) is 5.91. The van der Waals surface area contributed by atoms with Gasteiger partial charge in [0.05, 0.1) is 27.8 Å². The first-order chi connectivity index (χ1) is 12.7. The fraction of sp³-hybridized carbons (Fsp3) is 0.278. The molecule has 5 nitrogen and oxygen atoms in total. The highest BCUT2D eigenvalue weighted by molar-refractivity contribution is 7.92. The number of nitrogens with zero attached hydrogens (tertiary/aromatic N) is 2. The van der Waals surface area contributed by atoms with Crippen LogP contribution in [0, 0.1) is 11.3 Å². The van der Waals surface area contributed by atoms with E-state index in [0.29, 0.717) is 31.1 Å². The molecule has 1 aliphatic heterocycles. The van der Waals surface area contributed by atoms with Gasteiger partial charge in [0, 0.05) is 13.1 Å². The molecule has 0 spiro atoms. The second-order valence-electron chi connectivity index (χ2n) is 6.16. The Labute approximate surface area is 167 Å². The average Bonchev–Trinajstić information content (AvgIpc) is 2.65. The van der Waals surface area contributed by atoms with Crippen LogP contribution in [0.25, 0.3) is 0 Å². The molecule has 1 aliphatic rings. The standard InChI is InChI=1S/C18H16F3N3O2S.ClH/c19-18(20,21)16-5-4-15(9-14(16)11-23)27(25,26)24-7-1-2-13-8-12(10-22)3-6-17(13)24;/h3-6,8-9H,1-2,7,10,22H2;1H. The van der Waals surface area contributed by atoms with E-state index in [4.69, 9.17) is 11.0 Å². The fourth-order valence-electron chi connectivity index (χ4n) is 3.14. The van der Waals surface area contributed by atoms with E-state index in [9.17, 15) is 21.6 Å². The monoisotopic (exact) mass is 431 g/mol. The molecule has 0 atom stereocenters. The molecule has 0 fully saturated rings. The van der Waals surface area contributed by atoms with Gasteiger partial charge in [-0.3, -0.25) is 4.31 Å². The number of rotatable bonds is 3. The van der Waals surface area contributed by atoms with E-state index in [-0.39, 0.29) is 23.8 Å². The molecular weight excluding hydrogens is 415 g/mol. The predicted octanol–water partition coefficient (Wildman–Crippen LogP) is 3.60. The van der Waals surface area contributed by atoms with Crippen LogP contribution in [0.1, 0.15) is 28.7 Å². The lowest BCUT2D eigenvalue weighted by Crippen LogP contribution is -2.35. The molecule has 0 aromatic heterocycles. The largest absolute Gasteiger partial charge is 0.417 e. The van der Waals surface area contributed by atoms with E-state index < -0.39 is 27.3 Å². The Morgan fingerprint density at radius 3 is 2.50 bits per heavy atom. The fourth-order valence-corrected chi connectivity index (χ4v) is 4.71. The van der Waals surface area contributed by atoms with Gasteiger partial charge in [0.25, 0.3) is 10.0 Å². The molecule has 0 radical (unpaired) electrons. The van der Waals surface area contributed by atoms with Gasteiger partial charge in [0.15, 0.2) is 0 Å². The van der Waals surface area contributed by atoms with Crippen molar-refractivity contribution in [3.63, 3.8) is 0 Å². The Hall–Kier alpha value is -2.28. The van der Waals surface area contributed by atoms with Crippen molar-refractivity contribution >= 4 is 28.1 Å². The van der Waals surface area contributed by atoms with Crippen molar-refractivity contribution in [1.29, 1.82) is 5.26 Å². The van der Waals surface area contributed by atoms with Crippen molar-refractivity contribution in [2.45, 2.75) is 30.5 Å². The van der Waals surface area contributed by atoms with Crippen LogP contribution in [0.5, 0.6) is 0 Å². The summed E-state index contributed by atoms with van der Waals surface area (Å²) < 4.78 is 66.2. The van der Waals surface area contributed by atoms with Gasteiger partial charge in [-0.1, -0.05) is 12.1 Å². The number of halogens is 4. The highest BCUT2D eigenvalue weighted by Gasteiger charge is 2.35. The summed E-state index contributed by atoms with van der Waals surface area (Å²) in [5.74, 6) is 0. The third-order valence-electron chi connectivity index (χ3n) is 4.46. The number of aryl methyl sites for hydroxylation is 1. The van der Waals surface area contributed by atoms with Crippen molar-refractivity contribution in [3.05, 3.63) is 58.7 Å². The first kappa shape index (κ1) is 22.0. The number of anilines is 1. The average molecular weight is 432 g/mol. The Morgan fingerprint density at radius 2 is 1.89 bits per heavy atom. The molecule has 10 heteroatoms. The van der Waals surface area contributed by atoms with Crippen LogP contribution >= 0.6 is 12.4 Å². The first-order valence-corrected chi connectivity index (χ1v) is 9.58. The number of alkyl halides is 3. The summed E-state index contributed by atoms with van der Waals surface area (Å²) in [6.45, 7) is 0.532. The smallest absolute Gasteiger partial charge is 0.326 e. The number of sulfonamides is 1. The molecule has 0 unspecified atom stereocenters. The number of nitrogens with two attached hydrogens (primary N) is 1. The van der Waals surface area contributed by atoms with Gasteiger partial charge in [-0.2, -0.15) is 18.4 Å². The first-order valence-electron chi connectivity index (χ1n) is 8.14. The Morgan fingerprint density at radius 1 is 1.18 bits per heavy atom. The van der Waals surface area contributed by atoms with Crippen molar-refractivity contribution in [1.82, 2.24) is 0 Å². The molecule has 2 N–H and O–H groups in total. The van der Waals surface area contributed by atoms with Gasteiger partial charge in [-0.05, 0) is 48.2 Å². The number of hydrogen-bond donors (Lipinski definition) is 1. The molecule has 0 aliphatic carbocycles. The third-order valence-corrected chi connectivity index (χ3v) is 6.27. The van der Waals surface area contributed by atoms with Crippen LogP contribution in [0.3, 0.4) is 0 Å². The van der Waals surface area contributed by atoms with Crippen molar-refractivity contribution in [2.75, 3.05) is 10.8 Å². The summed E-state index contributed by atoms with van der Waals surface area (Å²) in [6, 6.07) is 8.95. The van der Waals surface area contributed by atoms with Gasteiger partial charge < -0.3 is 5.73 Å². The summed E-state index contributed by atoms with van der Waals surface area (Å²) >= 11 is 0. The molecule has 2 aromatic rings. The summed E-state index contributed by atoms with van der Waals surface area (Å²) in [6.07, 6.45) is -3.47. The van der Waals surface area contributed by atoms with Crippen LogP contribution in [0.15, 0.2) is 41.3 Å². The minimum atomic E-state index is -4.73. The van der Waals surface area contributed by atoms with Crippen LogP contribution < -0.4 is 10.0 Å². The van der Waals surface area contributed by atoms with Gasteiger partial charge >= 0.3 is 6.18 Å². The molecule has 1 heterocycles. The normalized spacial score (nSPS) is 14.0. The van der Waals surface area contributed by atoms with Gasteiger partial charge in [-0.15, -0.1) is 12.4 Å².